The van der Waals surface area contributed by atoms with E-state index >= 15 is 0 Å². The Balaban J connectivity index is 1.51. The van der Waals surface area contributed by atoms with Gasteiger partial charge in [-0.1, -0.05) is 60.7 Å². The minimum Gasteiger partial charge on any atom is -0.480 e. The SMILES string of the molecule is C=CC[C@H]1C(=O)N(C(Cc2ccc3ccccc3c2)C(=O)O)CCN1C(=O)C(N)Cc1ccc(F)cc1. The number of rotatable bonds is 9. The highest BCUT2D eigenvalue weighted by molar-refractivity contribution is 5.93. The van der Waals surface area contributed by atoms with E-state index in [9.17, 15) is 23.9 Å². The number of carboxylic acid groups (broad SMARTS) is 1. The van der Waals surface area contributed by atoms with Crippen LogP contribution in [0.2, 0.25) is 0 Å². The molecule has 1 saturated heterocycles. The van der Waals surface area contributed by atoms with Gasteiger partial charge in [-0.25, -0.2) is 9.18 Å². The van der Waals surface area contributed by atoms with Crippen molar-refractivity contribution in [2.45, 2.75) is 37.4 Å². The number of aliphatic carboxylic acids is 1. The number of hydrogen-bond donors (Lipinski definition) is 2. The zero-order valence-corrected chi connectivity index (χ0v) is 20.4. The highest BCUT2D eigenvalue weighted by atomic mass is 19.1. The molecule has 37 heavy (non-hydrogen) atoms. The van der Waals surface area contributed by atoms with Gasteiger partial charge in [-0.05, 0) is 46.9 Å². The van der Waals surface area contributed by atoms with Gasteiger partial charge in [-0.3, -0.25) is 9.59 Å². The summed E-state index contributed by atoms with van der Waals surface area (Å²) in [6.45, 7) is 3.94. The third-order valence-corrected chi connectivity index (χ3v) is 6.79. The molecule has 3 N–H and O–H groups in total. The fourth-order valence-electron chi connectivity index (χ4n) is 4.86. The van der Waals surface area contributed by atoms with Crippen LogP contribution in [-0.2, 0) is 27.2 Å². The van der Waals surface area contributed by atoms with Crippen LogP contribution >= 0.6 is 0 Å². The third kappa shape index (κ3) is 5.86. The topological polar surface area (TPSA) is 104 Å². The van der Waals surface area contributed by atoms with E-state index in [-0.39, 0.29) is 38.2 Å². The van der Waals surface area contributed by atoms with Gasteiger partial charge in [-0.2, -0.15) is 0 Å². The molecule has 2 amide bonds. The summed E-state index contributed by atoms with van der Waals surface area (Å²) in [5, 5.41) is 12.1. The summed E-state index contributed by atoms with van der Waals surface area (Å²) in [6.07, 6.45) is 2.04. The molecule has 192 valence electrons. The molecule has 0 aromatic heterocycles. The van der Waals surface area contributed by atoms with Gasteiger partial charge in [0.2, 0.25) is 11.8 Å². The van der Waals surface area contributed by atoms with Gasteiger partial charge in [0.1, 0.15) is 17.9 Å². The Morgan fingerprint density at radius 2 is 1.70 bits per heavy atom. The second-order valence-electron chi connectivity index (χ2n) is 9.28. The number of fused-ring (bicyclic) bond motifs is 1. The van der Waals surface area contributed by atoms with Crippen molar-refractivity contribution >= 4 is 28.6 Å². The lowest BCUT2D eigenvalue weighted by Gasteiger charge is -2.43. The summed E-state index contributed by atoms with van der Waals surface area (Å²) in [6, 6.07) is 16.4. The maximum atomic E-state index is 13.5. The zero-order valence-electron chi connectivity index (χ0n) is 20.4. The first-order valence-corrected chi connectivity index (χ1v) is 12.2. The summed E-state index contributed by atoms with van der Waals surface area (Å²) in [5.74, 6) is -2.34. The van der Waals surface area contributed by atoms with E-state index in [1.165, 1.54) is 28.0 Å². The Labute approximate surface area is 215 Å². The molecule has 0 aliphatic carbocycles. The van der Waals surface area contributed by atoms with Crippen LogP contribution in [-0.4, -0.2) is 63.9 Å². The number of piperazine rings is 1. The Bertz CT molecular complexity index is 1310. The number of halogens is 1. The first-order chi connectivity index (χ1) is 17.8. The molecule has 1 heterocycles. The second kappa shape index (κ2) is 11.3. The van der Waals surface area contributed by atoms with Crippen LogP contribution < -0.4 is 5.73 Å². The molecule has 7 nitrogen and oxygen atoms in total. The Hall–Kier alpha value is -4.04. The number of carboxylic acids is 1. The molecule has 0 spiro atoms. The van der Waals surface area contributed by atoms with Crippen molar-refractivity contribution in [1.82, 2.24) is 9.80 Å². The quantitative estimate of drug-likeness (QED) is 0.437. The van der Waals surface area contributed by atoms with Crippen LogP contribution in [0.5, 0.6) is 0 Å². The highest BCUT2D eigenvalue weighted by Crippen LogP contribution is 2.23. The summed E-state index contributed by atoms with van der Waals surface area (Å²) in [7, 11) is 0. The Morgan fingerprint density at radius 3 is 2.38 bits per heavy atom. The van der Waals surface area contributed by atoms with Crippen LogP contribution in [0.25, 0.3) is 10.8 Å². The van der Waals surface area contributed by atoms with Crippen molar-refractivity contribution in [2.75, 3.05) is 13.1 Å². The number of nitrogens with zero attached hydrogens (tertiary/aromatic N) is 2. The summed E-state index contributed by atoms with van der Waals surface area (Å²) in [5.41, 5.74) is 7.69. The van der Waals surface area contributed by atoms with Crippen LogP contribution in [0.15, 0.2) is 79.4 Å². The maximum Gasteiger partial charge on any atom is 0.326 e. The number of nitrogens with two attached hydrogens (primary N) is 1. The molecule has 4 rings (SSSR count). The van der Waals surface area contributed by atoms with E-state index in [1.54, 1.807) is 12.1 Å². The van der Waals surface area contributed by atoms with Gasteiger partial charge >= 0.3 is 5.97 Å². The van der Waals surface area contributed by atoms with E-state index in [4.69, 9.17) is 5.73 Å². The molecular weight excluding hydrogens is 473 g/mol. The van der Waals surface area contributed by atoms with Crippen LogP contribution in [0.1, 0.15) is 17.5 Å². The van der Waals surface area contributed by atoms with E-state index in [0.29, 0.717) is 5.56 Å². The lowest BCUT2D eigenvalue weighted by Crippen LogP contribution is -2.64. The van der Waals surface area contributed by atoms with Gasteiger partial charge in [0.15, 0.2) is 0 Å². The second-order valence-corrected chi connectivity index (χ2v) is 9.28. The summed E-state index contributed by atoms with van der Waals surface area (Å²) in [4.78, 5) is 41.8. The molecule has 3 aromatic rings. The smallest absolute Gasteiger partial charge is 0.326 e. The minimum absolute atomic E-state index is 0.0754. The molecule has 0 radical (unpaired) electrons. The average molecular weight is 504 g/mol. The molecule has 1 fully saturated rings. The van der Waals surface area contributed by atoms with Gasteiger partial charge in [0.05, 0.1) is 6.04 Å². The number of amides is 2. The Morgan fingerprint density at radius 1 is 1.03 bits per heavy atom. The normalized spacial score (nSPS) is 17.5. The fourth-order valence-corrected chi connectivity index (χ4v) is 4.86. The fraction of sp³-hybridized carbons (Fsp3) is 0.276. The average Bonchev–Trinajstić information content (AvgIpc) is 2.89. The molecule has 0 bridgehead atoms. The van der Waals surface area contributed by atoms with Crippen molar-refractivity contribution in [3.8, 4) is 0 Å². The van der Waals surface area contributed by atoms with E-state index in [0.717, 1.165) is 16.3 Å². The predicted octanol–water partition coefficient (Wildman–Crippen LogP) is 3.16. The van der Waals surface area contributed by atoms with Gasteiger partial charge < -0.3 is 20.6 Å². The molecular formula is C29H30FN3O4. The van der Waals surface area contributed by atoms with Gasteiger partial charge in [-0.15, -0.1) is 6.58 Å². The summed E-state index contributed by atoms with van der Waals surface area (Å²) < 4.78 is 13.2. The lowest BCUT2D eigenvalue weighted by atomic mass is 9.97. The Kier molecular flexibility index (Phi) is 7.98. The maximum absolute atomic E-state index is 13.5. The first-order valence-electron chi connectivity index (χ1n) is 12.2. The molecule has 8 heteroatoms. The first kappa shape index (κ1) is 26.0. The zero-order chi connectivity index (χ0) is 26.5. The number of carbonyl (C=O) groups is 3. The molecule has 2 unspecified atom stereocenters. The number of carbonyl (C=O) groups excluding carboxylic acids is 2. The van der Waals surface area contributed by atoms with Crippen molar-refractivity contribution in [3.05, 3.63) is 96.3 Å². The van der Waals surface area contributed by atoms with Crippen molar-refractivity contribution in [2.24, 2.45) is 5.73 Å². The van der Waals surface area contributed by atoms with Crippen molar-refractivity contribution < 1.29 is 23.9 Å². The van der Waals surface area contributed by atoms with E-state index in [1.807, 2.05) is 42.5 Å². The molecule has 3 atom stereocenters. The largest absolute Gasteiger partial charge is 0.480 e. The van der Waals surface area contributed by atoms with Crippen LogP contribution in [0, 0.1) is 5.82 Å². The molecule has 0 saturated carbocycles. The van der Waals surface area contributed by atoms with E-state index < -0.39 is 35.9 Å². The van der Waals surface area contributed by atoms with Crippen LogP contribution in [0.4, 0.5) is 4.39 Å². The monoisotopic (exact) mass is 503 g/mol. The van der Waals surface area contributed by atoms with Gasteiger partial charge in [0.25, 0.3) is 0 Å². The third-order valence-electron chi connectivity index (χ3n) is 6.79. The minimum atomic E-state index is -1.10. The molecule has 1 aliphatic rings. The van der Waals surface area contributed by atoms with Crippen molar-refractivity contribution in [3.63, 3.8) is 0 Å². The molecule has 1 aliphatic heterocycles. The number of benzene rings is 3. The van der Waals surface area contributed by atoms with Crippen LogP contribution in [0.3, 0.4) is 0 Å². The van der Waals surface area contributed by atoms with E-state index in [2.05, 4.69) is 6.58 Å². The number of hydrogen-bond acceptors (Lipinski definition) is 4. The standard InChI is InChI=1S/C29H30FN3O4/c1-2-5-25-28(35)33(15-14-32(25)27(34)24(31)17-19-9-12-23(30)13-10-19)26(29(36)37)18-20-8-11-21-6-3-4-7-22(21)16-20/h2-4,6-13,16,24-26H,1,5,14-15,17-18,31H2,(H,36,37)/t24?,25-,26?/m0/s1. The predicted molar refractivity (Wildman–Crippen MR) is 139 cm³/mol. The molecule has 3 aromatic carbocycles. The highest BCUT2D eigenvalue weighted by Gasteiger charge is 2.42. The summed E-state index contributed by atoms with van der Waals surface area (Å²) >= 11 is 0. The van der Waals surface area contributed by atoms with Gasteiger partial charge in [0, 0.05) is 19.5 Å². The lowest BCUT2D eigenvalue weighted by molar-refractivity contribution is -0.160. The van der Waals surface area contributed by atoms with Crippen molar-refractivity contribution in [1.29, 1.82) is 0 Å².